The van der Waals surface area contributed by atoms with Crippen LogP contribution in [0.4, 0.5) is 5.82 Å². The molecule has 0 bridgehead atoms. The second-order valence-corrected chi connectivity index (χ2v) is 7.63. The van der Waals surface area contributed by atoms with Gasteiger partial charge in [-0.25, -0.2) is 4.98 Å². The van der Waals surface area contributed by atoms with Crippen LogP contribution < -0.4 is 10.2 Å². The van der Waals surface area contributed by atoms with Gasteiger partial charge in [0, 0.05) is 35.8 Å². The molecule has 1 saturated heterocycles. The highest BCUT2D eigenvalue weighted by atomic mass is 32.2. The van der Waals surface area contributed by atoms with Gasteiger partial charge in [-0.2, -0.15) is 11.8 Å². The molecular weight excluding hydrogens is 266 g/mol. The summed E-state index contributed by atoms with van der Waals surface area (Å²) in [6, 6.07) is 4.42. The molecular formula is C16H27N3S. The lowest BCUT2D eigenvalue weighted by molar-refractivity contribution is 0.669. The first-order valence-corrected chi connectivity index (χ1v) is 8.62. The Morgan fingerprint density at radius 1 is 1.30 bits per heavy atom. The molecule has 0 spiro atoms. The van der Waals surface area contributed by atoms with Gasteiger partial charge in [0.25, 0.3) is 0 Å². The van der Waals surface area contributed by atoms with E-state index in [1.54, 1.807) is 0 Å². The van der Waals surface area contributed by atoms with Gasteiger partial charge in [-0.3, -0.25) is 0 Å². The Labute approximate surface area is 127 Å². The van der Waals surface area contributed by atoms with Crippen LogP contribution in [-0.4, -0.2) is 35.1 Å². The number of nitrogens with one attached hydrogen (secondary N) is 1. The van der Waals surface area contributed by atoms with E-state index < -0.39 is 0 Å². The third kappa shape index (κ3) is 4.13. The second-order valence-electron chi connectivity index (χ2n) is 5.75. The van der Waals surface area contributed by atoms with E-state index >= 15 is 0 Å². The highest BCUT2D eigenvalue weighted by Crippen LogP contribution is 2.28. The number of nitrogens with zero attached hydrogens (tertiary/aromatic N) is 2. The predicted molar refractivity (Wildman–Crippen MR) is 89.7 cm³/mol. The average molecular weight is 293 g/mol. The summed E-state index contributed by atoms with van der Waals surface area (Å²) >= 11 is 2.08. The largest absolute Gasteiger partial charge is 0.354 e. The van der Waals surface area contributed by atoms with E-state index in [0.29, 0.717) is 10.5 Å². The third-order valence-electron chi connectivity index (χ3n) is 3.67. The minimum atomic E-state index is 0.687. The number of aryl methyl sites for hydroxylation is 1. The number of pyridine rings is 1. The van der Waals surface area contributed by atoms with Crippen molar-refractivity contribution < 1.29 is 0 Å². The number of anilines is 1. The van der Waals surface area contributed by atoms with E-state index in [4.69, 9.17) is 4.98 Å². The summed E-state index contributed by atoms with van der Waals surface area (Å²) in [6.45, 7) is 13.1. The van der Waals surface area contributed by atoms with Gasteiger partial charge in [-0.1, -0.05) is 26.8 Å². The van der Waals surface area contributed by atoms with Gasteiger partial charge >= 0.3 is 0 Å². The fraction of sp³-hybridized carbons (Fsp3) is 0.688. The molecule has 0 aromatic carbocycles. The topological polar surface area (TPSA) is 28.2 Å². The second kappa shape index (κ2) is 7.32. The molecule has 3 nitrogen and oxygen atoms in total. The molecule has 2 heterocycles. The lowest BCUT2D eigenvalue weighted by Gasteiger charge is -2.35. The van der Waals surface area contributed by atoms with Crippen molar-refractivity contribution >= 4 is 17.6 Å². The Kier molecular flexibility index (Phi) is 5.73. The molecule has 20 heavy (non-hydrogen) atoms. The summed E-state index contributed by atoms with van der Waals surface area (Å²) in [5, 5.41) is 4.82. The first-order chi connectivity index (χ1) is 9.60. The molecule has 0 radical (unpaired) electrons. The zero-order valence-electron chi connectivity index (χ0n) is 13.1. The van der Waals surface area contributed by atoms with Crippen molar-refractivity contribution in [3.63, 3.8) is 0 Å². The van der Waals surface area contributed by atoms with Crippen LogP contribution in [0.25, 0.3) is 0 Å². The highest BCUT2D eigenvalue weighted by Gasteiger charge is 2.23. The number of aromatic nitrogens is 1. The highest BCUT2D eigenvalue weighted by molar-refractivity contribution is 8.00. The molecule has 1 N–H and O–H groups in total. The first-order valence-electron chi connectivity index (χ1n) is 7.67. The van der Waals surface area contributed by atoms with E-state index in [1.807, 2.05) is 0 Å². The molecule has 112 valence electrons. The number of rotatable bonds is 5. The molecule has 0 amide bonds. The zero-order chi connectivity index (χ0) is 14.5. The fourth-order valence-corrected chi connectivity index (χ4v) is 4.03. The van der Waals surface area contributed by atoms with Gasteiger partial charge in [-0.05, 0) is 31.5 Å². The fourth-order valence-electron chi connectivity index (χ4n) is 2.70. The summed E-state index contributed by atoms with van der Waals surface area (Å²) in [7, 11) is 0. The first kappa shape index (κ1) is 15.6. The molecule has 0 saturated carbocycles. The van der Waals surface area contributed by atoms with Crippen LogP contribution in [-0.2, 0) is 6.54 Å². The van der Waals surface area contributed by atoms with Crippen LogP contribution in [0.2, 0.25) is 0 Å². The molecule has 2 unspecified atom stereocenters. The summed E-state index contributed by atoms with van der Waals surface area (Å²) < 4.78 is 0. The SMILES string of the molecule is CCCNCc1ccc(N2CC(C)SC(C)C2)nc1C. The minimum absolute atomic E-state index is 0.687. The van der Waals surface area contributed by atoms with Crippen LogP contribution in [0.3, 0.4) is 0 Å². The zero-order valence-corrected chi connectivity index (χ0v) is 14.0. The Hall–Kier alpha value is -0.740. The van der Waals surface area contributed by atoms with E-state index in [9.17, 15) is 0 Å². The Morgan fingerprint density at radius 2 is 2.00 bits per heavy atom. The van der Waals surface area contributed by atoms with Crippen molar-refractivity contribution in [3.05, 3.63) is 23.4 Å². The maximum atomic E-state index is 4.82. The molecule has 1 aliphatic rings. The van der Waals surface area contributed by atoms with Crippen LogP contribution >= 0.6 is 11.8 Å². The van der Waals surface area contributed by atoms with Crippen LogP contribution in [0.1, 0.15) is 38.4 Å². The summed E-state index contributed by atoms with van der Waals surface area (Å²) in [4.78, 5) is 7.25. The molecule has 0 aliphatic carbocycles. The normalized spacial score (nSPS) is 23.1. The van der Waals surface area contributed by atoms with E-state index in [-0.39, 0.29) is 0 Å². The minimum Gasteiger partial charge on any atom is -0.354 e. The van der Waals surface area contributed by atoms with Crippen molar-refractivity contribution in [2.45, 2.75) is 51.2 Å². The van der Waals surface area contributed by atoms with Gasteiger partial charge in [0.1, 0.15) is 5.82 Å². The maximum absolute atomic E-state index is 4.82. The molecule has 2 rings (SSSR count). The van der Waals surface area contributed by atoms with Crippen molar-refractivity contribution in [2.75, 3.05) is 24.5 Å². The number of hydrogen-bond acceptors (Lipinski definition) is 4. The summed E-state index contributed by atoms with van der Waals surface area (Å²) in [6.07, 6.45) is 1.17. The van der Waals surface area contributed by atoms with Crippen molar-refractivity contribution in [2.24, 2.45) is 0 Å². The summed E-state index contributed by atoms with van der Waals surface area (Å²) in [5.74, 6) is 1.14. The summed E-state index contributed by atoms with van der Waals surface area (Å²) in [5.41, 5.74) is 2.47. The standard InChI is InChI=1S/C16H27N3S/c1-5-8-17-9-15-6-7-16(18-14(15)4)19-10-12(2)20-13(3)11-19/h6-7,12-13,17H,5,8-11H2,1-4H3. The Morgan fingerprint density at radius 3 is 2.60 bits per heavy atom. The van der Waals surface area contributed by atoms with Crippen molar-refractivity contribution in [1.29, 1.82) is 0 Å². The van der Waals surface area contributed by atoms with Gasteiger partial charge in [0.05, 0.1) is 0 Å². The van der Waals surface area contributed by atoms with Gasteiger partial charge in [0.15, 0.2) is 0 Å². The van der Waals surface area contributed by atoms with Crippen molar-refractivity contribution in [3.8, 4) is 0 Å². The predicted octanol–water partition coefficient (Wildman–Crippen LogP) is 3.22. The van der Waals surface area contributed by atoms with Crippen molar-refractivity contribution in [1.82, 2.24) is 10.3 Å². The molecule has 1 aromatic heterocycles. The van der Waals surface area contributed by atoms with Crippen LogP contribution in [0, 0.1) is 6.92 Å². The lowest BCUT2D eigenvalue weighted by Crippen LogP contribution is -2.40. The molecule has 1 aliphatic heterocycles. The maximum Gasteiger partial charge on any atom is 0.128 e. The smallest absolute Gasteiger partial charge is 0.128 e. The molecule has 1 fully saturated rings. The van der Waals surface area contributed by atoms with E-state index in [2.05, 4.69) is 61.8 Å². The van der Waals surface area contributed by atoms with Gasteiger partial charge in [-0.15, -0.1) is 0 Å². The van der Waals surface area contributed by atoms with Gasteiger partial charge in [0.2, 0.25) is 0 Å². The number of hydrogen-bond donors (Lipinski definition) is 1. The molecule has 2 atom stereocenters. The molecule has 4 heteroatoms. The van der Waals surface area contributed by atoms with Crippen LogP contribution in [0.5, 0.6) is 0 Å². The third-order valence-corrected chi connectivity index (χ3v) is 4.89. The van der Waals surface area contributed by atoms with Crippen LogP contribution in [0.15, 0.2) is 12.1 Å². The molecule has 1 aromatic rings. The number of thioether (sulfide) groups is 1. The lowest BCUT2D eigenvalue weighted by atomic mass is 10.2. The van der Waals surface area contributed by atoms with Gasteiger partial charge < -0.3 is 10.2 Å². The average Bonchev–Trinajstić information content (AvgIpc) is 2.39. The van der Waals surface area contributed by atoms with E-state index in [0.717, 1.165) is 37.7 Å². The monoisotopic (exact) mass is 293 g/mol. The van der Waals surface area contributed by atoms with E-state index in [1.165, 1.54) is 12.0 Å². The quantitative estimate of drug-likeness (QED) is 0.844. The Balaban J connectivity index is 2.04. The Bertz CT molecular complexity index is 426.